The fourth-order valence-corrected chi connectivity index (χ4v) is 2.51. The Morgan fingerprint density at radius 1 is 0.864 bits per heavy atom. The lowest BCUT2D eigenvalue weighted by molar-refractivity contribution is -0.136. The number of ether oxygens (including phenoxy) is 1. The molecule has 0 aromatic heterocycles. The number of hydrogen-bond acceptors (Lipinski definition) is 2. The third kappa shape index (κ3) is 3.09. The van der Waals surface area contributed by atoms with Crippen LogP contribution in [0.1, 0.15) is 11.1 Å². The van der Waals surface area contributed by atoms with Crippen LogP contribution in [0.25, 0.3) is 10.8 Å². The number of carbonyl (C=O) groups is 1. The summed E-state index contributed by atoms with van der Waals surface area (Å²) in [5.74, 6) is -0.0586. The van der Waals surface area contributed by atoms with Gasteiger partial charge in [-0.2, -0.15) is 0 Å². The summed E-state index contributed by atoms with van der Waals surface area (Å²) in [6.07, 6.45) is 0.0134. The van der Waals surface area contributed by atoms with Gasteiger partial charge in [-0.05, 0) is 22.6 Å². The molecular weight excluding hydrogens is 276 g/mol. The van der Waals surface area contributed by atoms with Crippen LogP contribution in [-0.2, 0) is 17.8 Å². The van der Waals surface area contributed by atoms with E-state index < -0.39 is 5.97 Å². The van der Waals surface area contributed by atoms with Crippen LogP contribution in [0.4, 0.5) is 0 Å². The Labute approximate surface area is 128 Å². The van der Waals surface area contributed by atoms with Crippen molar-refractivity contribution in [1.29, 1.82) is 0 Å². The maximum Gasteiger partial charge on any atom is 0.307 e. The Morgan fingerprint density at radius 2 is 1.55 bits per heavy atom. The molecule has 3 aromatic rings. The molecule has 0 aliphatic heterocycles. The van der Waals surface area contributed by atoms with Crippen molar-refractivity contribution in [2.75, 3.05) is 0 Å². The minimum Gasteiger partial charge on any atom is -0.488 e. The van der Waals surface area contributed by atoms with Gasteiger partial charge in [0.1, 0.15) is 12.4 Å². The van der Waals surface area contributed by atoms with E-state index in [1.165, 1.54) is 0 Å². The Kier molecular flexibility index (Phi) is 4.05. The van der Waals surface area contributed by atoms with Crippen LogP contribution in [0.2, 0.25) is 0 Å². The molecule has 0 heterocycles. The van der Waals surface area contributed by atoms with Crippen molar-refractivity contribution in [2.45, 2.75) is 13.0 Å². The Balaban J connectivity index is 1.92. The highest BCUT2D eigenvalue weighted by Crippen LogP contribution is 2.29. The van der Waals surface area contributed by atoms with Crippen molar-refractivity contribution in [1.82, 2.24) is 0 Å². The fraction of sp³-hybridized carbons (Fsp3) is 0.105. The van der Waals surface area contributed by atoms with Crippen LogP contribution in [0.15, 0.2) is 66.7 Å². The molecule has 0 spiro atoms. The summed E-state index contributed by atoms with van der Waals surface area (Å²) in [5, 5.41) is 10.9. The molecule has 110 valence electrons. The lowest BCUT2D eigenvalue weighted by Crippen LogP contribution is -2.02. The van der Waals surface area contributed by atoms with Crippen molar-refractivity contribution in [3.63, 3.8) is 0 Å². The van der Waals surface area contributed by atoms with Gasteiger partial charge in [-0.25, -0.2) is 0 Å². The molecule has 3 rings (SSSR count). The summed E-state index contributed by atoms with van der Waals surface area (Å²) in [6.45, 7) is 0.489. The predicted octanol–water partition coefficient (Wildman–Crippen LogP) is 4.05. The molecule has 0 fully saturated rings. The van der Waals surface area contributed by atoms with Gasteiger partial charge >= 0.3 is 5.97 Å². The molecule has 1 N–H and O–H groups in total. The second-order valence-electron chi connectivity index (χ2n) is 5.11. The number of aliphatic carboxylic acids is 1. The Hall–Kier alpha value is -2.81. The highest BCUT2D eigenvalue weighted by molar-refractivity contribution is 5.93. The number of carboxylic acid groups (broad SMARTS) is 1. The summed E-state index contributed by atoms with van der Waals surface area (Å²) < 4.78 is 5.92. The van der Waals surface area contributed by atoms with Gasteiger partial charge < -0.3 is 9.84 Å². The second-order valence-corrected chi connectivity index (χ2v) is 5.11. The summed E-state index contributed by atoms with van der Waals surface area (Å²) in [7, 11) is 0. The van der Waals surface area contributed by atoms with Crippen molar-refractivity contribution in [3.8, 4) is 5.75 Å². The van der Waals surface area contributed by atoms with Crippen molar-refractivity contribution < 1.29 is 14.6 Å². The van der Waals surface area contributed by atoms with Crippen molar-refractivity contribution >= 4 is 16.7 Å². The molecule has 0 unspecified atom stereocenters. The van der Waals surface area contributed by atoms with Crippen LogP contribution in [0.3, 0.4) is 0 Å². The van der Waals surface area contributed by atoms with Gasteiger partial charge in [0.15, 0.2) is 0 Å². The molecule has 3 heteroatoms. The molecular formula is C19H16O3. The fourth-order valence-electron chi connectivity index (χ4n) is 2.51. The lowest BCUT2D eigenvalue weighted by Gasteiger charge is -2.12. The number of fused-ring (bicyclic) bond motifs is 1. The standard InChI is InChI=1S/C19H16O3/c20-19(21)12-15-10-11-18(17-9-5-4-8-16(15)17)22-13-14-6-2-1-3-7-14/h1-11H,12-13H2,(H,20,21). The van der Waals surface area contributed by atoms with E-state index >= 15 is 0 Å². The molecule has 0 radical (unpaired) electrons. The first kappa shape index (κ1) is 14.1. The molecule has 22 heavy (non-hydrogen) atoms. The molecule has 3 aromatic carbocycles. The van der Waals surface area contributed by atoms with Crippen LogP contribution >= 0.6 is 0 Å². The minimum absolute atomic E-state index is 0.0134. The van der Waals surface area contributed by atoms with E-state index in [-0.39, 0.29) is 6.42 Å². The zero-order chi connectivity index (χ0) is 15.4. The summed E-state index contributed by atoms with van der Waals surface area (Å²) in [4.78, 5) is 11.0. The average molecular weight is 292 g/mol. The minimum atomic E-state index is -0.830. The molecule has 0 amide bonds. The summed E-state index contributed by atoms with van der Waals surface area (Å²) in [5.41, 5.74) is 1.90. The Bertz CT molecular complexity index is 794. The topological polar surface area (TPSA) is 46.5 Å². The third-order valence-electron chi connectivity index (χ3n) is 3.55. The summed E-state index contributed by atoms with van der Waals surface area (Å²) in [6, 6.07) is 21.4. The number of hydrogen-bond donors (Lipinski definition) is 1. The summed E-state index contributed by atoms with van der Waals surface area (Å²) >= 11 is 0. The second kappa shape index (κ2) is 6.31. The van der Waals surface area contributed by atoms with E-state index in [1.807, 2.05) is 66.7 Å². The molecule has 3 nitrogen and oxygen atoms in total. The first-order chi connectivity index (χ1) is 10.7. The first-order valence-corrected chi connectivity index (χ1v) is 7.13. The van der Waals surface area contributed by atoms with Gasteiger partial charge in [0.2, 0.25) is 0 Å². The van der Waals surface area contributed by atoms with Gasteiger partial charge in [-0.15, -0.1) is 0 Å². The number of rotatable bonds is 5. The van der Waals surface area contributed by atoms with E-state index in [9.17, 15) is 4.79 Å². The molecule has 0 aliphatic rings. The van der Waals surface area contributed by atoms with E-state index in [0.29, 0.717) is 6.61 Å². The van der Waals surface area contributed by atoms with Crippen molar-refractivity contribution in [2.24, 2.45) is 0 Å². The zero-order valence-electron chi connectivity index (χ0n) is 12.0. The number of carboxylic acids is 1. The molecule has 0 saturated carbocycles. The monoisotopic (exact) mass is 292 g/mol. The largest absolute Gasteiger partial charge is 0.488 e. The van der Waals surface area contributed by atoms with E-state index in [1.54, 1.807) is 0 Å². The maximum absolute atomic E-state index is 11.0. The predicted molar refractivity (Wildman–Crippen MR) is 86.1 cm³/mol. The smallest absolute Gasteiger partial charge is 0.307 e. The van der Waals surface area contributed by atoms with Crippen LogP contribution in [0.5, 0.6) is 5.75 Å². The van der Waals surface area contributed by atoms with Gasteiger partial charge in [0.05, 0.1) is 6.42 Å². The highest BCUT2D eigenvalue weighted by atomic mass is 16.5. The quantitative estimate of drug-likeness (QED) is 0.771. The van der Waals surface area contributed by atoms with Gasteiger partial charge in [-0.3, -0.25) is 4.79 Å². The molecule has 0 bridgehead atoms. The van der Waals surface area contributed by atoms with E-state index in [0.717, 1.165) is 27.6 Å². The molecule has 0 saturated heterocycles. The van der Waals surface area contributed by atoms with Crippen molar-refractivity contribution in [3.05, 3.63) is 77.9 Å². The van der Waals surface area contributed by atoms with Crippen LogP contribution < -0.4 is 4.74 Å². The SMILES string of the molecule is O=C(O)Cc1ccc(OCc2ccccc2)c2ccccc12. The van der Waals surface area contributed by atoms with E-state index in [2.05, 4.69) is 0 Å². The number of benzene rings is 3. The van der Waals surface area contributed by atoms with Gasteiger partial charge in [-0.1, -0.05) is 60.7 Å². The lowest BCUT2D eigenvalue weighted by atomic mass is 10.0. The first-order valence-electron chi connectivity index (χ1n) is 7.13. The molecule has 0 aliphatic carbocycles. The Morgan fingerprint density at radius 3 is 2.27 bits per heavy atom. The average Bonchev–Trinajstić information content (AvgIpc) is 2.55. The van der Waals surface area contributed by atoms with Crippen LogP contribution in [-0.4, -0.2) is 11.1 Å². The molecule has 0 atom stereocenters. The van der Waals surface area contributed by atoms with Gasteiger partial charge in [0.25, 0.3) is 0 Å². The normalized spacial score (nSPS) is 10.5. The van der Waals surface area contributed by atoms with Crippen LogP contribution in [0, 0.1) is 0 Å². The maximum atomic E-state index is 11.0. The van der Waals surface area contributed by atoms with Gasteiger partial charge in [0, 0.05) is 5.39 Å². The highest BCUT2D eigenvalue weighted by Gasteiger charge is 2.09. The van der Waals surface area contributed by atoms with E-state index in [4.69, 9.17) is 9.84 Å². The zero-order valence-corrected chi connectivity index (χ0v) is 12.0. The third-order valence-corrected chi connectivity index (χ3v) is 3.55.